The van der Waals surface area contributed by atoms with Gasteiger partial charge in [0.05, 0.1) is 24.3 Å². The van der Waals surface area contributed by atoms with Crippen LogP contribution in [0.25, 0.3) is 10.9 Å². The van der Waals surface area contributed by atoms with Crippen LogP contribution in [0.4, 0.5) is 5.69 Å². The second kappa shape index (κ2) is 8.25. The fourth-order valence-electron chi connectivity index (χ4n) is 3.58. The number of fused-ring (bicyclic) bond motifs is 1. The first kappa shape index (κ1) is 20.1. The van der Waals surface area contributed by atoms with E-state index in [2.05, 4.69) is 15.3 Å². The number of nitrogens with one attached hydrogen (secondary N) is 1. The molecule has 0 bridgehead atoms. The Kier molecular flexibility index (Phi) is 5.52. The molecule has 3 aromatic rings. The first-order valence-electron chi connectivity index (χ1n) is 9.63. The highest BCUT2D eigenvalue weighted by atomic mass is 35.5. The van der Waals surface area contributed by atoms with Crippen molar-refractivity contribution < 1.29 is 4.79 Å². The van der Waals surface area contributed by atoms with E-state index in [1.807, 2.05) is 37.4 Å². The molecule has 30 heavy (non-hydrogen) atoms. The Hall–Kier alpha value is -3.23. The molecule has 0 spiro atoms. The maximum absolute atomic E-state index is 12.8. The van der Waals surface area contributed by atoms with Crippen molar-refractivity contribution in [2.24, 2.45) is 18.6 Å². The fraction of sp³-hybridized carbons (Fsp3) is 0.238. The van der Waals surface area contributed by atoms with Crippen molar-refractivity contribution in [3.63, 3.8) is 0 Å². The summed E-state index contributed by atoms with van der Waals surface area (Å²) in [7, 11) is 1.84. The number of benzene rings is 2. The highest BCUT2D eigenvalue weighted by molar-refractivity contribution is 6.30. The van der Waals surface area contributed by atoms with Gasteiger partial charge in [0.25, 0.3) is 5.91 Å². The van der Waals surface area contributed by atoms with Gasteiger partial charge in [-0.05, 0) is 35.9 Å². The van der Waals surface area contributed by atoms with E-state index < -0.39 is 0 Å². The first-order chi connectivity index (χ1) is 14.5. The lowest BCUT2D eigenvalue weighted by Crippen LogP contribution is -2.48. The number of aromatic nitrogens is 2. The Balaban J connectivity index is 1.54. The molecule has 2 heterocycles. The number of hydrogen-bond acceptors (Lipinski definition) is 6. The first-order valence-corrected chi connectivity index (χ1v) is 10.0. The standard InChI is InChI=1S/C21H24ClN7O/c1-27-19-10-16(28-8-9-29(24)17(11-23)13-28)6-7-18(19)20(26-27)21(30)25-12-14-2-4-15(22)5-3-14/h2-7,10-11H,8-9,12-13,23-24H2,1H3,(H,25,30)/b17-11-. The molecule has 0 unspecified atom stereocenters. The fourth-order valence-corrected chi connectivity index (χ4v) is 3.71. The SMILES string of the molecule is Cn1nc(C(=O)NCc2ccc(Cl)cc2)c2ccc(N3CCN(N)/C(=C\N)C3)cc21. The number of nitrogens with zero attached hydrogens (tertiary/aromatic N) is 4. The molecule has 0 saturated carbocycles. The van der Waals surface area contributed by atoms with Gasteiger partial charge >= 0.3 is 0 Å². The highest BCUT2D eigenvalue weighted by Gasteiger charge is 2.21. The summed E-state index contributed by atoms with van der Waals surface area (Å²) >= 11 is 5.91. The Morgan fingerprint density at radius 2 is 2.00 bits per heavy atom. The number of amides is 1. The number of rotatable bonds is 4. The number of halogens is 1. The normalized spacial score (nSPS) is 15.8. The summed E-state index contributed by atoms with van der Waals surface area (Å²) in [5.74, 6) is 5.74. The predicted octanol–water partition coefficient (Wildman–Crippen LogP) is 1.95. The molecule has 4 rings (SSSR count). The minimum atomic E-state index is -0.214. The second-order valence-corrected chi connectivity index (χ2v) is 7.69. The molecule has 1 amide bonds. The van der Waals surface area contributed by atoms with Crippen LogP contribution in [-0.2, 0) is 13.6 Å². The predicted molar refractivity (Wildman–Crippen MR) is 119 cm³/mol. The van der Waals surface area contributed by atoms with Crippen molar-refractivity contribution in [2.75, 3.05) is 24.5 Å². The monoisotopic (exact) mass is 425 g/mol. The maximum Gasteiger partial charge on any atom is 0.272 e. The van der Waals surface area contributed by atoms with Gasteiger partial charge in [-0.3, -0.25) is 9.48 Å². The summed E-state index contributed by atoms with van der Waals surface area (Å²) in [5, 5.41) is 10.5. The van der Waals surface area contributed by atoms with Gasteiger partial charge in [0.1, 0.15) is 0 Å². The van der Waals surface area contributed by atoms with Crippen LogP contribution >= 0.6 is 11.6 Å². The van der Waals surface area contributed by atoms with Crippen LogP contribution in [0.2, 0.25) is 5.02 Å². The molecule has 0 radical (unpaired) electrons. The van der Waals surface area contributed by atoms with Crippen molar-refractivity contribution in [3.8, 4) is 0 Å². The van der Waals surface area contributed by atoms with Gasteiger partial charge in [-0.25, -0.2) is 5.84 Å². The van der Waals surface area contributed by atoms with Crippen molar-refractivity contribution in [3.05, 3.63) is 70.6 Å². The highest BCUT2D eigenvalue weighted by Crippen LogP contribution is 2.26. The number of anilines is 1. The molecule has 1 aliphatic rings. The molecular weight excluding hydrogens is 402 g/mol. The summed E-state index contributed by atoms with van der Waals surface area (Å²) in [6.07, 6.45) is 1.54. The zero-order valence-electron chi connectivity index (χ0n) is 16.7. The van der Waals surface area contributed by atoms with Gasteiger partial charge in [0.15, 0.2) is 5.69 Å². The average Bonchev–Trinajstić information content (AvgIpc) is 3.09. The average molecular weight is 426 g/mol. The number of carbonyl (C=O) groups is 1. The van der Waals surface area contributed by atoms with E-state index in [0.29, 0.717) is 30.4 Å². The number of hydrazine groups is 1. The topological polar surface area (TPSA) is 105 Å². The van der Waals surface area contributed by atoms with Crippen molar-refractivity contribution in [1.82, 2.24) is 20.1 Å². The van der Waals surface area contributed by atoms with E-state index in [-0.39, 0.29) is 5.91 Å². The van der Waals surface area contributed by atoms with Crippen molar-refractivity contribution >= 4 is 34.1 Å². The van der Waals surface area contributed by atoms with Gasteiger partial charge in [-0.2, -0.15) is 5.10 Å². The molecule has 1 aliphatic heterocycles. The van der Waals surface area contributed by atoms with E-state index in [1.54, 1.807) is 21.8 Å². The van der Waals surface area contributed by atoms with Crippen LogP contribution in [0.5, 0.6) is 0 Å². The third-order valence-corrected chi connectivity index (χ3v) is 5.56. The Morgan fingerprint density at radius 3 is 2.73 bits per heavy atom. The summed E-state index contributed by atoms with van der Waals surface area (Å²) in [6.45, 7) is 2.50. The number of nitrogens with two attached hydrogens (primary N) is 2. The summed E-state index contributed by atoms with van der Waals surface area (Å²) in [4.78, 5) is 15.0. The molecule has 1 saturated heterocycles. The van der Waals surface area contributed by atoms with Gasteiger partial charge in [0, 0.05) is 42.4 Å². The number of piperazine rings is 1. The minimum absolute atomic E-state index is 0.214. The number of hydrogen-bond donors (Lipinski definition) is 3. The van der Waals surface area contributed by atoms with Gasteiger partial charge in [0.2, 0.25) is 0 Å². The molecule has 156 valence electrons. The van der Waals surface area contributed by atoms with Crippen LogP contribution in [0, 0.1) is 0 Å². The minimum Gasteiger partial charge on any atom is -0.403 e. The molecule has 1 fully saturated rings. The number of aryl methyl sites for hydroxylation is 1. The Bertz CT molecular complexity index is 1110. The van der Waals surface area contributed by atoms with Crippen LogP contribution < -0.4 is 21.8 Å². The third-order valence-electron chi connectivity index (χ3n) is 5.31. The van der Waals surface area contributed by atoms with Gasteiger partial charge < -0.3 is 21.0 Å². The van der Waals surface area contributed by atoms with E-state index >= 15 is 0 Å². The molecule has 2 aromatic carbocycles. The van der Waals surface area contributed by atoms with E-state index in [0.717, 1.165) is 34.4 Å². The molecule has 5 N–H and O–H groups in total. The molecule has 8 nitrogen and oxygen atoms in total. The summed E-state index contributed by atoms with van der Waals surface area (Å²) in [5.41, 5.74) is 9.85. The zero-order chi connectivity index (χ0) is 21.3. The van der Waals surface area contributed by atoms with E-state index in [1.165, 1.54) is 6.20 Å². The van der Waals surface area contributed by atoms with Crippen LogP contribution in [0.1, 0.15) is 16.1 Å². The molecule has 0 atom stereocenters. The second-order valence-electron chi connectivity index (χ2n) is 7.26. The van der Waals surface area contributed by atoms with E-state index in [4.69, 9.17) is 23.2 Å². The van der Waals surface area contributed by atoms with E-state index in [9.17, 15) is 4.79 Å². The molecule has 1 aromatic heterocycles. The maximum atomic E-state index is 12.8. The number of carbonyl (C=O) groups excluding carboxylic acids is 1. The van der Waals surface area contributed by atoms with Crippen molar-refractivity contribution in [2.45, 2.75) is 6.54 Å². The Labute approximate surface area is 179 Å². The van der Waals surface area contributed by atoms with Gasteiger partial charge in [-0.15, -0.1) is 0 Å². The molecule has 9 heteroatoms. The lowest BCUT2D eigenvalue weighted by Gasteiger charge is -2.36. The molecule has 0 aliphatic carbocycles. The zero-order valence-corrected chi connectivity index (χ0v) is 17.4. The van der Waals surface area contributed by atoms with Crippen LogP contribution in [0.3, 0.4) is 0 Å². The Morgan fingerprint density at radius 1 is 1.23 bits per heavy atom. The molecular formula is C21H24ClN7O. The van der Waals surface area contributed by atoms with Crippen molar-refractivity contribution in [1.29, 1.82) is 0 Å². The van der Waals surface area contributed by atoms with Crippen LogP contribution in [-0.4, -0.2) is 40.3 Å². The van der Waals surface area contributed by atoms with Crippen LogP contribution in [0.15, 0.2) is 54.4 Å². The third kappa shape index (κ3) is 3.92. The largest absolute Gasteiger partial charge is 0.403 e. The summed E-state index contributed by atoms with van der Waals surface area (Å²) < 4.78 is 1.73. The smallest absolute Gasteiger partial charge is 0.272 e. The summed E-state index contributed by atoms with van der Waals surface area (Å²) in [6, 6.07) is 13.4. The quantitative estimate of drug-likeness (QED) is 0.552. The lowest BCUT2D eigenvalue weighted by atomic mass is 10.1. The lowest BCUT2D eigenvalue weighted by molar-refractivity contribution is 0.0947. The van der Waals surface area contributed by atoms with Gasteiger partial charge in [-0.1, -0.05) is 23.7 Å².